The van der Waals surface area contributed by atoms with Gasteiger partial charge in [0.25, 0.3) is 5.89 Å². The number of oxazole rings is 1. The Morgan fingerprint density at radius 1 is 1.25 bits per heavy atom. The molecule has 0 saturated carbocycles. The summed E-state index contributed by atoms with van der Waals surface area (Å²) in [4.78, 5) is 20.5. The molecule has 1 aliphatic rings. The summed E-state index contributed by atoms with van der Waals surface area (Å²) in [7, 11) is 0. The molecular formula is C23H25N5O4. The monoisotopic (exact) mass is 435 g/mol. The highest BCUT2D eigenvalue weighted by atomic mass is 16.5. The highest BCUT2D eigenvalue weighted by Crippen LogP contribution is 2.29. The molecule has 0 spiro atoms. The zero-order valence-corrected chi connectivity index (χ0v) is 17.9. The lowest BCUT2D eigenvalue weighted by Crippen LogP contribution is -2.49. The van der Waals surface area contributed by atoms with Crippen LogP contribution in [0.4, 0.5) is 5.88 Å². The predicted octanol–water partition coefficient (Wildman–Crippen LogP) is 2.43. The number of nitrogens with zero attached hydrogens (tertiary/aromatic N) is 4. The molecule has 3 aromatic rings. The van der Waals surface area contributed by atoms with Crippen molar-refractivity contribution in [2.75, 3.05) is 50.8 Å². The van der Waals surface area contributed by atoms with E-state index in [9.17, 15) is 10.1 Å². The number of carbonyl (C=O) groups excluding carboxylic acids is 1. The molecule has 0 bridgehead atoms. The molecule has 0 aliphatic carbocycles. The van der Waals surface area contributed by atoms with Crippen LogP contribution in [0.2, 0.25) is 0 Å². The first kappa shape index (κ1) is 21.5. The number of carbonyl (C=O) groups is 1. The zero-order chi connectivity index (χ0) is 22.3. The first-order valence-electron chi connectivity index (χ1n) is 10.5. The Balaban J connectivity index is 1.21. The number of ether oxygens (including phenoxy) is 1. The SMILES string of the molecule is Cc1cccc(OCCNC(=O)CN2CCN(c3oc(-c4ccco4)nc3C#N)CC2)c1. The van der Waals surface area contributed by atoms with E-state index in [4.69, 9.17) is 13.6 Å². The van der Waals surface area contributed by atoms with E-state index >= 15 is 0 Å². The summed E-state index contributed by atoms with van der Waals surface area (Å²) in [5, 5.41) is 12.3. The maximum Gasteiger partial charge on any atom is 0.266 e. The number of piperazine rings is 1. The maximum absolute atomic E-state index is 12.3. The molecule has 166 valence electrons. The Kier molecular flexibility index (Phi) is 6.72. The van der Waals surface area contributed by atoms with Gasteiger partial charge in [-0.25, -0.2) is 0 Å². The molecule has 9 heteroatoms. The molecule has 9 nitrogen and oxygen atoms in total. The van der Waals surface area contributed by atoms with E-state index in [0.29, 0.717) is 57.5 Å². The van der Waals surface area contributed by atoms with E-state index < -0.39 is 0 Å². The number of aromatic nitrogens is 1. The number of amides is 1. The maximum atomic E-state index is 12.3. The molecule has 1 aromatic carbocycles. The van der Waals surface area contributed by atoms with Gasteiger partial charge in [-0.1, -0.05) is 12.1 Å². The van der Waals surface area contributed by atoms with E-state index in [2.05, 4.69) is 21.3 Å². The average Bonchev–Trinajstić information content (AvgIpc) is 3.47. The largest absolute Gasteiger partial charge is 0.492 e. The molecule has 0 atom stereocenters. The summed E-state index contributed by atoms with van der Waals surface area (Å²) < 4.78 is 16.8. The molecule has 2 aromatic heterocycles. The van der Waals surface area contributed by atoms with Crippen molar-refractivity contribution in [3.05, 3.63) is 53.9 Å². The third-order valence-electron chi connectivity index (χ3n) is 5.16. The number of rotatable bonds is 8. The van der Waals surface area contributed by atoms with Gasteiger partial charge >= 0.3 is 0 Å². The van der Waals surface area contributed by atoms with Crippen molar-refractivity contribution in [3.63, 3.8) is 0 Å². The van der Waals surface area contributed by atoms with Gasteiger partial charge in [0, 0.05) is 26.2 Å². The van der Waals surface area contributed by atoms with E-state index in [0.717, 1.165) is 11.3 Å². The Morgan fingerprint density at radius 3 is 2.81 bits per heavy atom. The van der Waals surface area contributed by atoms with Crippen molar-refractivity contribution in [2.45, 2.75) is 6.92 Å². The second-order valence-electron chi connectivity index (χ2n) is 7.54. The number of nitriles is 1. The molecule has 1 amide bonds. The minimum atomic E-state index is -0.0382. The van der Waals surface area contributed by atoms with Crippen molar-refractivity contribution in [1.82, 2.24) is 15.2 Å². The number of anilines is 1. The standard InChI is InChI=1S/C23H25N5O4/c1-17-4-2-5-18(14-17)30-13-7-25-21(29)16-27-8-10-28(11-9-27)23-19(15-24)26-22(32-23)20-6-3-12-31-20/h2-6,12,14H,7-11,13,16H2,1H3,(H,25,29). The van der Waals surface area contributed by atoms with Crippen LogP contribution in [0, 0.1) is 18.3 Å². The van der Waals surface area contributed by atoms with Crippen molar-refractivity contribution in [2.24, 2.45) is 0 Å². The van der Waals surface area contributed by atoms with Crippen molar-refractivity contribution in [1.29, 1.82) is 5.26 Å². The smallest absolute Gasteiger partial charge is 0.266 e. The van der Waals surface area contributed by atoms with Gasteiger partial charge in [-0.3, -0.25) is 9.69 Å². The van der Waals surface area contributed by atoms with Crippen LogP contribution in [0.25, 0.3) is 11.7 Å². The fourth-order valence-corrected chi connectivity index (χ4v) is 3.54. The highest BCUT2D eigenvalue weighted by molar-refractivity contribution is 5.78. The van der Waals surface area contributed by atoms with Crippen molar-refractivity contribution in [3.8, 4) is 23.5 Å². The summed E-state index contributed by atoms with van der Waals surface area (Å²) in [6, 6.07) is 13.4. The summed E-state index contributed by atoms with van der Waals surface area (Å²) in [6.07, 6.45) is 1.53. The van der Waals surface area contributed by atoms with E-state index in [-0.39, 0.29) is 17.5 Å². The Morgan fingerprint density at radius 2 is 2.09 bits per heavy atom. The summed E-state index contributed by atoms with van der Waals surface area (Å²) in [6.45, 7) is 5.81. The Labute approximate surface area is 186 Å². The molecule has 0 radical (unpaired) electrons. The quantitative estimate of drug-likeness (QED) is 0.538. The average molecular weight is 435 g/mol. The molecule has 32 heavy (non-hydrogen) atoms. The third-order valence-corrected chi connectivity index (χ3v) is 5.16. The summed E-state index contributed by atoms with van der Waals surface area (Å²) in [5.74, 6) is 1.97. The van der Waals surface area contributed by atoms with Crippen LogP contribution >= 0.6 is 0 Å². The summed E-state index contributed by atoms with van der Waals surface area (Å²) >= 11 is 0. The molecule has 3 heterocycles. The normalized spacial score (nSPS) is 14.2. The van der Waals surface area contributed by atoms with Crippen LogP contribution in [0.1, 0.15) is 11.3 Å². The molecule has 1 N–H and O–H groups in total. The fraction of sp³-hybridized carbons (Fsp3) is 0.348. The van der Waals surface area contributed by atoms with Gasteiger partial charge in [0.2, 0.25) is 17.5 Å². The van der Waals surface area contributed by atoms with E-state index in [1.54, 1.807) is 12.1 Å². The molecule has 1 aliphatic heterocycles. The summed E-state index contributed by atoms with van der Waals surface area (Å²) in [5.41, 5.74) is 1.37. The minimum Gasteiger partial charge on any atom is -0.492 e. The van der Waals surface area contributed by atoms with Gasteiger partial charge in [0.05, 0.1) is 19.4 Å². The van der Waals surface area contributed by atoms with E-state index in [1.807, 2.05) is 36.1 Å². The van der Waals surface area contributed by atoms with Gasteiger partial charge in [-0.05, 0) is 36.8 Å². The lowest BCUT2D eigenvalue weighted by Gasteiger charge is -2.34. The second-order valence-corrected chi connectivity index (χ2v) is 7.54. The molecule has 1 fully saturated rings. The van der Waals surface area contributed by atoms with Crippen molar-refractivity contribution >= 4 is 11.8 Å². The molecule has 4 rings (SSSR count). The first-order chi connectivity index (χ1) is 15.6. The molecule has 0 unspecified atom stereocenters. The van der Waals surface area contributed by atoms with E-state index in [1.165, 1.54) is 6.26 Å². The minimum absolute atomic E-state index is 0.0382. The molecular weight excluding hydrogens is 410 g/mol. The number of nitrogens with one attached hydrogen (secondary N) is 1. The number of benzene rings is 1. The van der Waals surface area contributed by atoms with Gasteiger partial charge in [-0.15, -0.1) is 0 Å². The number of hydrogen-bond donors (Lipinski definition) is 1. The third kappa shape index (κ3) is 5.28. The van der Waals surface area contributed by atoms with Crippen LogP contribution in [-0.4, -0.2) is 61.7 Å². The van der Waals surface area contributed by atoms with Crippen LogP contribution in [-0.2, 0) is 4.79 Å². The number of furan rings is 1. The second kappa shape index (κ2) is 10.0. The number of hydrogen-bond acceptors (Lipinski definition) is 8. The highest BCUT2D eigenvalue weighted by Gasteiger charge is 2.26. The van der Waals surface area contributed by atoms with Gasteiger partial charge < -0.3 is 23.8 Å². The van der Waals surface area contributed by atoms with Gasteiger partial charge in [0.1, 0.15) is 18.4 Å². The topological polar surface area (TPSA) is 108 Å². The molecule has 1 saturated heterocycles. The lowest BCUT2D eigenvalue weighted by atomic mass is 10.2. The van der Waals surface area contributed by atoms with Crippen LogP contribution in [0.3, 0.4) is 0 Å². The Hall–Kier alpha value is -3.77. The Bertz CT molecular complexity index is 1080. The van der Waals surface area contributed by atoms with Crippen LogP contribution in [0.15, 0.2) is 51.5 Å². The van der Waals surface area contributed by atoms with Crippen molar-refractivity contribution < 1.29 is 18.4 Å². The first-order valence-corrected chi connectivity index (χ1v) is 10.5. The predicted molar refractivity (Wildman–Crippen MR) is 117 cm³/mol. The lowest BCUT2D eigenvalue weighted by molar-refractivity contribution is -0.122. The fourth-order valence-electron chi connectivity index (χ4n) is 3.54. The van der Waals surface area contributed by atoms with Crippen LogP contribution < -0.4 is 15.0 Å². The zero-order valence-electron chi connectivity index (χ0n) is 17.9. The van der Waals surface area contributed by atoms with Gasteiger partial charge in [0.15, 0.2) is 5.76 Å². The van der Waals surface area contributed by atoms with Crippen LogP contribution in [0.5, 0.6) is 5.75 Å². The number of aryl methyl sites for hydroxylation is 1. The van der Waals surface area contributed by atoms with Gasteiger partial charge in [-0.2, -0.15) is 10.2 Å².